The second-order valence-corrected chi connectivity index (χ2v) is 12.2. The molecule has 0 aromatic carbocycles. The van der Waals surface area contributed by atoms with Crippen LogP contribution in [-0.4, -0.2) is 22.8 Å². The summed E-state index contributed by atoms with van der Waals surface area (Å²) in [5.74, 6) is 0. The Morgan fingerprint density at radius 2 is 1.82 bits per heavy atom. The third-order valence-corrected chi connectivity index (χ3v) is 9.07. The van der Waals surface area contributed by atoms with E-state index in [9.17, 15) is 8.42 Å². The summed E-state index contributed by atoms with van der Waals surface area (Å²) in [4.78, 5) is 0. The molecule has 0 aliphatic rings. The Morgan fingerprint density at radius 3 is 2.09 bits per heavy atom. The van der Waals surface area contributed by atoms with Gasteiger partial charge in [0.15, 0.2) is 0 Å². The van der Waals surface area contributed by atoms with Gasteiger partial charge in [0, 0.05) is 0 Å². The maximum atomic E-state index is 11.2. The number of hydrogen-bond acceptors (Lipinski definition) is 3. The van der Waals surface area contributed by atoms with Crippen LogP contribution in [0.2, 0.25) is 13.1 Å². The quantitative estimate of drug-likeness (QED) is 0.636. The Morgan fingerprint density at radius 1 is 1.36 bits per heavy atom. The molecule has 0 bridgehead atoms. The van der Waals surface area contributed by atoms with Crippen LogP contribution >= 0.6 is 0 Å². The zero-order chi connectivity index (χ0) is 9.12. The molecule has 3 nitrogen and oxygen atoms in total. The van der Waals surface area contributed by atoms with Gasteiger partial charge in [0.2, 0.25) is 16.8 Å². The number of allylic oxidation sites excluding steroid dienone is 1. The molecule has 0 N–H and O–H groups in total. The number of rotatable bonds is 3. The minimum atomic E-state index is -3.31. The SMILES string of the molecule is CC=C[Si](C)(C)S(=O)(=O)OC. The van der Waals surface area contributed by atoms with Gasteiger partial charge in [-0.15, -0.1) is 0 Å². The highest BCUT2D eigenvalue weighted by Crippen LogP contribution is 2.14. The summed E-state index contributed by atoms with van der Waals surface area (Å²) in [6.45, 7) is 5.26. The molecule has 66 valence electrons. The van der Waals surface area contributed by atoms with Crippen molar-refractivity contribution in [2.75, 3.05) is 7.11 Å². The molecule has 0 aliphatic heterocycles. The van der Waals surface area contributed by atoms with Crippen LogP contribution in [0.5, 0.6) is 0 Å². The molecular weight excluding hydrogens is 180 g/mol. The maximum Gasteiger partial charge on any atom is 0.246 e. The molecule has 0 aromatic rings. The molecule has 0 spiro atoms. The van der Waals surface area contributed by atoms with Crippen molar-refractivity contribution in [2.24, 2.45) is 0 Å². The van der Waals surface area contributed by atoms with Crippen LogP contribution < -0.4 is 0 Å². The van der Waals surface area contributed by atoms with Gasteiger partial charge in [0.05, 0.1) is 7.11 Å². The Hall–Kier alpha value is -0.133. The first kappa shape index (κ1) is 10.9. The van der Waals surface area contributed by atoms with Crippen LogP contribution in [0.1, 0.15) is 6.92 Å². The van der Waals surface area contributed by atoms with Crippen molar-refractivity contribution < 1.29 is 12.6 Å². The van der Waals surface area contributed by atoms with Gasteiger partial charge in [-0.2, -0.15) is 0 Å². The van der Waals surface area contributed by atoms with Gasteiger partial charge in [0.1, 0.15) is 0 Å². The average molecular weight is 194 g/mol. The van der Waals surface area contributed by atoms with Crippen molar-refractivity contribution in [3.05, 3.63) is 11.8 Å². The molecule has 0 rings (SSSR count). The second kappa shape index (κ2) is 3.51. The van der Waals surface area contributed by atoms with E-state index >= 15 is 0 Å². The largest absolute Gasteiger partial charge is 0.279 e. The molecule has 0 radical (unpaired) electrons. The molecule has 0 saturated carbocycles. The Labute approximate surface area is 68.8 Å². The van der Waals surface area contributed by atoms with Crippen molar-refractivity contribution in [3.63, 3.8) is 0 Å². The fourth-order valence-electron chi connectivity index (χ4n) is 0.699. The summed E-state index contributed by atoms with van der Waals surface area (Å²) in [5.41, 5.74) is 1.73. The lowest BCUT2D eigenvalue weighted by atomic mass is 10.8. The minimum absolute atomic E-state index is 1.20. The molecule has 11 heavy (non-hydrogen) atoms. The van der Waals surface area contributed by atoms with E-state index in [2.05, 4.69) is 4.18 Å². The molecule has 0 unspecified atom stereocenters. The highest BCUT2D eigenvalue weighted by atomic mass is 32.4. The van der Waals surface area contributed by atoms with Crippen LogP contribution in [0, 0.1) is 0 Å². The molecule has 0 fully saturated rings. The summed E-state index contributed by atoms with van der Waals surface area (Å²) in [6.07, 6.45) is 1.75. The van der Waals surface area contributed by atoms with E-state index in [1.165, 1.54) is 7.11 Å². The predicted octanol–water partition coefficient (Wildman–Crippen LogP) is 1.28. The van der Waals surface area contributed by atoms with Gasteiger partial charge >= 0.3 is 0 Å². The van der Waals surface area contributed by atoms with Crippen LogP contribution in [-0.2, 0) is 13.8 Å². The van der Waals surface area contributed by atoms with Gasteiger partial charge in [-0.25, -0.2) is 8.42 Å². The fourth-order valence-corrected chi connectivity index (χ4v) is 4.30. The van der Waals surface area contributed by atoms with E-state index in [0.29, 0.717) is 0 Å². The summed E-state index contributed by atoms with van der Waals surface area (Å²) >= 11 is 0. The van der Waals surface area contributed by atoms with Crippen molar-refractivity contribution in [1.82, 2.24) is 0 Å². The molecule has 0 atom stereocenters. The molecule has 0 aliphatic carbocycles. The molecule has 0 amide bonds. The van der Waals surface area contributed by atoms with E-state index < -0.39 is 16.8 Å². The lowest BCUT2D eigenvalue weighted by Crippen LogP contribution is -2.36. The highest BCUT2D eigenvalue weighted by Gasteiger charge is 2.34. The lowest BCUT2D eigenvalue weighted by Gasteiger charge is -2.14. The lowest BCUT2D eigenvalue weighted by molar-refractivity contribution is 0.410. The molecule has 0 aromatic heterocycles. The van der Waals surface area contributed by atoms with Crippen LogP contribution in [0.15, 0.2) is 11.8 Å². The molecular formula is C6H14O3SSi. The smallest absolute Gasteiger partial charge is 0.246 e. The summed E-state index contributed by atoms with van der Waals surface area (Å²) in [7, 11) is -4.47. The highest BCUT2D eigenvalue weighted by molar-refractivity contribution is 8.19. The zero-order valence-corrected chi connectivity index (χ0v) is 9.10. The topological polar surface area (TPSA) is 43.4 Å². The standard InChI is InChI=1S/C6H14O3SSi/c1-5-6-11(3,4)10(7,8)9-2/h5-6H,1-4H3. The van der Waals surface area contributed by atoms with Crippen LogP contribution in [0.25, 0.3) is 0 Å². The van der Waals surface area contributed by atoms with E-state index in [0.717, 1.165) is 0 Å². The van der Waals surface area contributed by atoms with Gasteiger partial charge in [-0.05, 0) is 20.0 Å². The molecule has 5 heteroatoms. The normalized spacial score (nSPS) is 14.2. The first-order chi connectivity index (χ1) is 4.87. The Bertz CT molecular complexity index is 241. The molecule has 0 saturated heterocycles. The fraction of sp³-hybridized carbons (Fsp3) is 0.667. The number of hydrogen-bond donors (Lipinski definition) is 0. The third-order valence-electron chi connectivity index (χ3n) is 1.43. The predicted molar refractivity (Wildman–Crippen MR) is 48.2 cm³/mol. The van der Waals surface area contributed by atoms with Crippen molar-refractivity contribution in [1.29, 1.82) is 0 Å². The Kier molecular flexibility index (Phi) is 3.47. The van der Waals surface area contributed by atoms with Crippen LogP contribution in [0.3, 0.4) is 0 Å². The minimum Gasteiger partial charge on any atom is -0.279 e. The monoisotopic (exact) mass is 194 g/mol. The van der Waals surface area contributed by atoms with Gasteiger partial charge in [-0.1, -0.05) is 11.8 Å². The summed E-state index contributed by atoms with van der Waals surface area (Å²) in [6, 6.07) is 0. The summed E-state index contributed by atoms with van der Waals surface area (Å²) in [5, 5.41) is 0. The van der Waals surface area contributed by atoms with Gasteiger partial charge < -0.3 is 0 Å². The van der Waals surface area contributed by atoms with E-state index in [-0.39, 0.29) is 0 Å². The Balaban J connectivity index is 4.84. The van der Waals surface area contributed by atoms with Gasteiger partial charge in [-0.3, -0.25) is 4.18 Å². The molecule has 0 heterocycles. The zero-order valence-electron chi connectivity index (χ0n) is 7.29. The second-order valence-electron chi connectivity index (χ2n) is 2.72. The third kappa shape index (κ3) is 2.43. The van der Waals surface area contributed by atoms with Crippen molar-refractivity contribution >= 4 is 16.8 Å². The van der Waals surface area contributed by atoms with Crippen molar-refractivity contribution in [3.8, 4) is 0 Å². The average Bonchev–Trinajstić information content (AvgIpc) is 1.87. The van der Waals surface area contributed by atoms with Gasteiger partial charge in [0.25, 0.3) is 0 Å². The summed E-state index contributed by atoms with van der Waals surface area (Å²) < 4.78 is 26.8. The maximum absolute atomic E-state index is 11.2. The van der Waals surface area contributed by atoms with Crippen LogP contribution in [0.4, 0.5) is 0 Å². The first-order valence-electron chi connectivity index (χ1n) is 3.31. The first-order valence-corrected chi connectivity index (χ1v) is 8.52. The van der Waals surface area contributed by atoms with E-state index in [4.69, 9.17) is 0 Å². The van der Waals surface area contributed by atoms with Crippen molar-refractivity contribution in [2.45, 2.75) is 20.0 Å². The van der Waals surface area contributed by atoms with E-state index in [1.54, 1.807) is 31.8 Å². The van der Waals surface area contributed by atoms with E-state index in [1.807, 2.05) is 0 Å².